The van der Waals surface area contributed by atoms with Crippen LogP contribution in [0.15, 0.2) is 36.4 Å². The van der Waals surface area contributed by atoms with E-state index in [2.05, 4.69) is 20.8 Å². The van der Waals surface area contributed by atoms with Crippen molar-refractivity contribution in [2.24, 2.45) is 0 Å². The van der Waals surface area contributed by atoms with E-state index in [4.69, 9.17) is 0 Å². The van der Waals surface area contributed by atoms with Crippen molar-refractivity contribution in [3.05, 3.63) is 58.7 Å². The van der Waals surface area contributed by atoms with Crippen LogP contribution in [0.2, 0.25) is 0 Å². The Bertz CT molecular complexity index is 622. The molecule has 2 aromatic rings. The molecule has 0 aromatic heterocycles. The Labute approximate surface area is 120 Å². The molecule has 0 radical (unpaired) electrons. The fourth-order valence-corrected chi connectivity index (χ4v) is 2.51. The minimum Gasteiger partial charge on any atom is -0.508 e. The summed E-state index contributed by atoms with van der Waals surface area (Å²) in [5.74, 6) is 0.567. The lowest BCUT2D eigenvalue weighted by atomic mass is 9.81. The molecule has 106 valence electrons. The van der Waals surface area contributed by atoms with Crippen LogP contribution < -0.4 is 0 Å². The maximum Gasteiger partial charge on any atom is 0.119 e. The highest BCUT2D eigenvalue weighted by molar-refractivity contribution is 5.48. The highest BCUT2D eigenvalue weighted by Gasteiger charge is 2.20. The van der Waals surface area contributed by atoms with Crippen LogP contribution in [0.1, 0.15) is 43.0 Å². The first-order valence-electron chi connectivity index (χ1n) is 6.89. The van der Waals surface area contributed by atoms with E-state index in [1.54, 1.807) is 12.1 Å². The average Bonchev–Trinajstić information content (AvgIpc) is 2.35. The molecule has 2 aromatic carbocycles. The van der Waals surface area contributed by atoms with Gasteiger partial charge in [0.2, 0.25) is 0 Å². The van der Waals surface area contributed by atoms with Crippen LogP contribution in [0.5, 0.6) is 11.5 Å². The van der Waals surface area contributed by atoms with E-state index in [1.165, 1.54) is 0 Å². The summed E-state index contributed by atoms with van der Waals surface area (Å²) in [6, 6.07) is 11.2. The normalized spacial score (nSPS) is 11.6. The number of phenols is 2. The van der Waals surface area contributed by atoms with Crippen LogP contribution in [0, 0.1) is 6.92 Å². The third-order valence-electron chi connectivity index (χ3n) is 3.56. The maximum atomic E-state index is 10.2. The predicted molar refractivity (Wildman–Crippen MR) is 82.5 cm³/mol. The van der Waals surface area contributed by atoms with Crippen LogP contribution in [-0.4, -0.2) is 10.2 Å². The largest absolute Gasteiger partial charge is 0.508 e. The van der Waals surface area contributed by atoms with Gasteiger partial charge in [0.05, 0.1) is 0 Å². The molecule has 0 atom stereocenters. The Morgan fingerprint density at radius 3 is 2.30 bits per heavy atom. The van der Waals surface area contributed by atoms with Gasteiger partial charge in [-0.3, -0.25) is 0 Å². The number of hydrogen-bond acceptors (Lipinski definition) is 2. The molecule has 0 spiro atoms. The molecular weight excluding hydrogens is 248 g/mol. The molecule has 2 rings (SSSR count). The number of aryl methyl sites for hydroxylation is 1. The van der Waals surface area contributed by atoms with Gasteiger partial charge in [-0.05, 0) is 35.6 Å². The molecule has 2 nitrogen and oxygen atoms in total. The SMILES string of the molecule is Cc1ccc(O)c(Cc2c(O)cccc2C(C)(C)C)c1. The van der Waals surface area contributed by atoms with Crippen LogP contribution in [0.3, 0.4) is 0 Å². The molecule has 0 bridgehead atoms. The summed E-state index contributed by atoms with van der Waals surface area (Å²) in [7, 11) is 0. The molecule has 0 heterocycles. The zero-order chi connectivity index (χ0) is 14.9. The standard InChI is InChI=1S/C18H22O2/c1-12-8-9-16(19)13(10-12)11-14-15(18(2,3)4)6-5-7-17(14)20/h5-10,19-20H,11H2,1-4H3. The fourth-order valence-electron chi connectivity index (χ4n) is 2.51. The monoisotopic (exact) mass is 270 g/mol. The third-order valence-corrected chi connectivity index (χ3v) is 3.56. The van der Waals surface area contributed by atoms with Crippen molar-refractivity contribution in [2.75, 3.05) is 0 Å². The van der Waals surface area contributed by atoms with Gasteiger partial charge in [-0.25, -0.2) is 0 Å². The van der Waals surface area contributed by atoms with E-state index < -0.39 is 0 Å². The quantitative estimate of drug-likeness (QED) is 0.854. The summed E-state index contributed by atoms with van der Waals surface area (Å²) in [5, 5.41) is 20.2. The van der Waals surface area contributed by atoms with Gasteiger partial charge in [-0.15, -0.1) is 0 Å². The van der Waals surface area contributed by atoms with E-state index >= 15 is 0 Å². The van der Waals surface area contributed by atoms with Crippen LogP contribution in [0.4, 0.5) is 0 Å². The Kier molecular flexibility index (Phi) is 3.76. The summed E-state index contributed by atoms with van der Waals surface area (Å²) >= 11 is 0. The average molecular weight is 270 g/mol. The second-order valence-electron chi connectivity index (χ2n) is 6.36. The van der Waals surface area contributed by atoms with Gasteiger partial charge in [0.1, 0.15) is 11.5 Å². The van der Waals surface area contributed by atoms with Gasteiger partial charge < -0.3 is 10.2 Å². The van der Waals surface area contributed by atoms with E-state index in [0.717, 1.165) is 22.3 Å². The van der Waals surface area contributed by atoms with Crippen molar-refractivity contribution in [1.82, 2.24) is 0 Å². The first-order valence-corrected chi connectivity index (χ1v) is 6.89. The summed E-state index contributed by atoms with van der Waals surface area (Å²) in [6.07, 6.45) is 0.535. The van der Waals surface area contributed by atoms with Crippen LogP contribution >= 0.6 is 0 Å². The first kappa shape index (κ1) is 14.4. The zero-order valence-corrected chi connectivity index (χ0v) is 12.6. The summed E-state index contributed by atoms with van der Waals surface area (Å²) in [4.78, 5) is 0. The Morgan fingerprint density at radius 1 is 0.950 bits per heavy atom. The van der Waals surface area contributed by atoms with Crippen LogP contribution in [-0.2, 0) is 11.8 Å². The summed E-state index contributed by atoms with van der Waals surface area (Å²) < 4.78 is 0. The lowest BCUT2D eigenvalue weighted by molar-refractivity contribution is 0.458. The summed E-state index contributed by atoms with van der Waals surface area (Å²) in [6.45, 7) is 8.38. The number of benzene rings is 2. The molecule has 2 heteroatoms. The second kappa shape index (κ2) is 5.20. The van der Waals surface area contributed by atoms with Gasteiger partial charge in [0, 0.05) is 12.0 Å². The summed E-state index contributed by atoms with van der Waals surface area (Å²) in [5.41, 5.74) is 3.90. The highest BCUT2D eigenvalue weighted by Crippen LogP contribution is 2.34. The van der Waals surface area contributed by atoms with Crippen molar-refractivity contribution in [2.45, 2.75) is 39.5 Å². The molecular formula is C18H22O2. The second-order valence-corrected chi connectivity index (χ2v) is 6.36. The van der Waals surface area contributed by atoms with Gasteiger partial charge in [0.25, 0.3) is 0 Å². The molecule has 0 aliphatic carbocycles. The molecule has 0 aliphatic rings. The third kappa shape index (κ3) is 2.96. The minimum absolute atomic E-state index is 0.0481. The molecule has 0 unspecified atom stereocenters. The van der Waals surface area contributed by atoms with Gasteiger partial charge in [0.15, 0.2) is 0 Å². The lowest BCUT2D eigenvalue weighted by Crippen LogP contribution is -2.14. The van der Waals surface area contributed by atoms with E-state index in [0.29, 0.717) is 12.2 Å². The molecule has 20 heavy (non-hydrogen) atoms. The first-order chi connectivity index (χ1) is 9.29. The number of rotatable bonds is 2. The number of phenolic OH excluding ortho intramolecular Hbond substituents is 2. The Morgan fingerprint density at radius 2 is 1.65 bits per heavy atom. The minimum atomic E-state index is -0.0481. The van der Waals surface area contributed by atoms with Gasteiger partial charge in [-0.2, -0.15) is 0 Å². The van der Waals surface area contributed by atoms with Crippen molar-refractivity contribution in [3.8, 4) is 11.5 Å². The molecule has 0 fully saturated rings. The lowest BCUT2D eigenvalue weighted by Gasteiger charge is -2.24. The van der Waals surface area contributed by atoms with E-state index in [9.17, 15) is 10.2 Å². The topological polar surface area (TPSA) is 40.5 Å². The Hall–Kier alpha value is -1.96. The molecule has 2 N–H and O–H groups in total. The van der Waals surface area contributed by atoms with E-state index in [-0.39, 0.29) is 11.2 Å². The van der Waals surface area contributed by atoms with Crippen molar-refractivity contribution < 1.29 is 10.2 Å². The molecule has 0 amide bonds. The molecule has 0 aliphatic heterocycles. The van der Waals surface area contributed by atoms with Gasteiger partial charge >= 0.3 is 0 Å². The van der Waals surface area contributed by atoms with Crippen molar-refractivity contribution in [1.29, 1.82) is 0 Å². The van der Waals surface area contributed by atoms with Crippen molar-refractivity contribution >= 4 is 0 Å². The predicted octanol–water partition coefficient (Wildman–Crippen LogP) is 4.29. The number of aromatic hydroxyl groups is 2. The number of hydrogen-bond donors (Lipinski definition) is 2. The highest BCUT2D eigenvalue weighted by atomic mass is 16.3. The molecule has 0 saturated heterocycles. The van der Waals surface area contributed by atoms with E-state index in [1.807, 2.05) is 31.2 Å². The molecule has 0 saturated carbocycles. The van der Waals surface area contributed by atoms with Crippen molar-refractivity contribution in [3.63, 3.8) is 0 Å². The van der Waals surface area contributed by atoms with Gasteiger partial charge in [-0.1, -0.05) is 50.6 Å². The zero-order valence-electron chi connectivity index (χ0n) is 12.6. The fraction of sp³-hybridized carbons (Fsp3) is 0.333. The Balaban J connectivity index is 2.51. The smallest absolute Gasteiger partial charge is 0.119 e. The van der Waals surface area contributed by atoms with Crippen LogP contribution in [0.25, 0.3) is 0 Å². The maximum absolute atomic E-state index is 10.2.